The number of benzene rings is 3. The number of hydrogen-bond donors (Lipinski definition) is 1. The number of hydrogen-bond acceptors (Lipinski definition) is 3. The average Bonchev–Trinajstić information content (AvgIpc) is 2.79. The van der Waals surface area contributed by atoms with Crippen molar-refractivity contribution >= 4 is 22.5 Å². The maximum atomic E-state index is 13.2. The molecule has 0 saturated heterocycles. The minimum Gasteiger partial charge on any atom is -0.497 e. The summed E-state index contributed by atoms with van der Waals surface area (Å²) in [6, 6.07) is 25.2. The number of pyridine rings is 1. The number of anilines is 1. The fraction of sp³-hybridized carbons (Fsp3) is 0.120. The van der Waals surface area contributed by atoms with Crippen LogP contribution in [0.2, 0.25) is 0 Å². The second kappa shape index (κ2) is 8.15. The van der Waals surface area contributed by atoms with E-state index in [1.165, 1.54) is 5.56 Å². The van der Waals surface area contributed by atoms with Crippen LogP contribution in [0, 0.1) is 0 Å². The molecule has 4 rings (SSSR count). The van der Waals surface area contributed by atoms with Gasteiger partial charge in [0.25, 0.3) is 5.91 Å². The Bertz CT molecular complexity index is 1150. The quantitative estimate of drug-likeness (QED) is 0.480. The van der Waals surface area contributed by atoms with Crippen LogP contribution >= 0.6 is 0 Å². The molecule has 0 unspecified atom stereocenters. The van der Waals surface area contributed by atoms with Crippen LogP contribution in [-0.4, -0.2) is 18.0 Å². The van der Waals surface area contributed by atoms with Crippen molar-refractivity contribution in [3.8, 4) is 17.0 Å². The first kappa shape index (κ1) is 18.7. The van der Waals surface area contributed by atoms with Crippen LogP contribution in [0.3, 0.4) is 0 Å². The van der Waals surface area contributed by atoms with Crippen LogP contribution in [0.4, 0.5) is 5.69 Å². The van der Waals surface area contributed by atoms with Gasteiger partial charge in [-0.1, -0.05) is 43.3 Å². The number of carbonyl (C=O) groups excluding carboxylic acids is 1. The lowest BCUT2D eigenvalue weighted by Gasteiger charge is -2.12. The third-order valence-electron chi connectivity index (χ3n) is 4.94. The topological polar surface area (TPSA) is 51.2 Å². The number of aromatic nitrogens is 1. The number of nitrogens with zero attached hydrogens (tertiary/aromatic N) is 1. The molecule has 1 amide bonds. The summed E-state index contributed by atoms with van der Waals surface area (Å²) in [5.74, 6) is 0.587. The van der Waals surface area contributed by atoms with Gasteiger partial charge in [0.05, 0.1) is 23.9 Å². The van der Waals surface area contributed by atoms with Crippen molar-refractivity contribution < 1.29 is 9.53 Å². The standard InChI is InChI=1S/C25H22N2O2/c1-3-17-9-14-23-21(15-17)22(16-24(27-23)18-7-5-4-6-8-18)25(28)26-19-10-12-20(29-2)13-11-19/h4-16H,3H2,1-2H3,(H,26,28). The van der Waals surface area contributed by atoms with E-state index in [2.05, 4.69) is 24.4 Å². The van der Waals surface area contributed by atoms with Crippen molar-refractivity contribution in [2.24, 2.45) is 0 Å². The van der Waals surface area contributed by atoms with E-state index < -0.39 is 0 Å². The van der Waals surface area contributed by atoms with E-state index in [1.54, 1.807) is 7.11 Å². The van der Waals surface area contributed by atoms with Crippen LogP contribution in [0.25, 0.3) is 22.2 Å². The van der Waals surface area contributed by atoms with Gasteiger partial charge in [-0.2, -0.15) is 0 Å². The van der Waals surface area contributed by atoms with Crippen molar-refractivity contribution in [2.45, 2.75) is 13.3 Å². The number of aryl methyl sites for hydroxylation is 1. The van der Waals surface area contributed by atoms with Crippen molar-refractivity contribution in [1.29, 1.82) is 0 Å². The molecule has 4 aromatic rings. The Morgan fingerprint density at radius 1 is 0.966 bits per heavy atom. The summed E-state index contributed by atoms with van der Waals surface area (Å²) >= 11 is 0. The minimum atomic E-state index is -0.159. The van der Waals surface area contributed by atoms with E-state index in [4.69, 9.17) is 9.72 Å². The number of ether oxygens (including phenoxy) is 1. The van der Waals surface area contributed by atoms with E-state index in [9.17, 15) is 4.79 Å². The normalized spacial score (nSPS) is 10.7. The number of amides is 1. The molecule has 144 valence electrons. The molecule has 0 saturated carbocycles. The van der Waals surface area contributed by atoms with Crippen LogP contribution in [0.5, 0.6) is 5.75 Å². The predicted molar refractivity (Wildman–Crippen MR) is 118 cm³/mol. The highest BCUT2D eigenvalue weighted by molar-refractivity contribution is 6.13. The highest BCUT2D eigenvalue weighted by Crippen LogP contribution is 2.27. The molecule has 1 aromatic heterocycles. The van der Waals surface area contributed by atoms with Gasteiger partial charge in [0.2, 0.25) is 0 Å². The van der Waals surface area contributed by atoms with E-state index in [0.717, 1.165) is 34.3 Å². The summed E-state index contributed by atoms with van der Waals surface area (Å²) in [5.41, 5.74) is 5.07. The molecule has 0 radical (unpaired) electrons. The molecule has 29 heavy (non-hydrogen) atoms. The number of rotatable bonds is 5. The Morgan fingerprint density at radius 3 is 2.41 bits per heavy atom. The van der Waals surface area contributed by atoms with E-state index >= 15 is 0 Å². The van der Waals surface area contributed by atoms with E-state index in [1.807, 2.05) is 66.7 Å². The van der Waals surface area contributed by atoms with E-state index in [-0.39, 0.29) is 5.91 Å². The molecule has 0 bridgehead atoms. The number of carbonyl (C=O) groups is 1. The monoisotopic (exact) mass is 382 g/mol. The van der Waals surface area contributed by atoms with Crippen LogP contribution < -0.4 is 10.1 Å². The molecule has 4 nitrogen and oxygen atoms in total. The maximum Gasteiger partial charge on any atom is 0.256 e. The van der Waals surface area contributed by atoms with Crippen molar-refractivity contribution in [3.05, 3.63) is 90.0 Å². The van der Waals surface area contributed by atoms with Gasteiger partial charge in [0.1, 0.15) is 5.75 Å². The molecule has 3 aromatic carbocycles. The molecular formula is C25H22N2O2. The lowest BCUT2D eigenvalue weighted by atomic mass is 10.0. The molecule has 0 aliphatic heterocycles. The lowest BCUT2D eigenvalue weighted by molar-refractivity contribution is 0.102. The van der Waals surface area contributed by atoms with Gasteiger partial charge in [-0.15, -0.1) is 0 Å². The third-order valence-corrected chi connectivity index (χ3v) is 4.94. The highest BCUT2D eigenvalue weighted by atomic mass is 16.5. The molecule has 0 spiro atoms. The van der Waals surface area contributed by atoms with E-state index in [0.29, 0.717) is 11.3 Å². The van der Waals surface area contributed by atoms with Crippen LogP contribution in [0.15, 0.2) is 78.9 Å². The lowest BCUT2D eigenvalue weighted by Crippen LogP contribution is -2.13. The molecule has 0 atom stereocenters. The molecule has 0 fully saturated rings. The van der Waals surface area contributed by atoms with Gasteiger partial charge in [0, 0.05) is 16.6 Å². The second-order valence-corrected chi connectivity index (χ2v) is 6.81. The zero-order valence-electron chi connectivity index (χ0n) is 16.5. The first-order chi connectivity index (χ1) is 14.2. The number of methoxy groups -OCH3 is 1. The van der Waals surface area contributed by atoms with Crippen LogP contribution in [-0.2, 0) is 6.42 Å². The summed E-state index contributed by atoms with van der Waals surface area (Å²) in [5, 5.41) is 3.85. The molecule has 1 heterocycles. The summed E-state index contributed by atoms with van der Waals surface area (Å²) in [6.45, 7) is 2.10. The number of nitrogens with one attached hydrogen (secondary N) is 1. The third kappa shape index (κ3) is 3.97. The Hall–Kier alpha value is -3.66. The number of fused-ring (bicyclic) bond motifs is 1. The van der Waals surface area contributed by atoms with Gasteiger partial charge < -0.3 is 10.1 Å². The molecule has 4 heteroatoms. The largest absolute Gasteiger partial charge is 0.497 e. The fourth-order valence-corrected chi connectivity index (χ4v) is 3.31. The zero-order valence-corrected chi connectivity index (χ0v) is 16.5. The highest BCUT2D eigenvalue weighted by Gasteiger charge is 2.15. The minimum absolute atomic E-state index is 0.159. The van der Waals surface area contributed by atoms with Gasteiger partial charge >= 0.3 is 0 Å². The maximum absolute atomic E-state index is 13.2. The smallest absolute Gasteiger partial charge is 0.256 e. The first-order valence-corrected chi connectivity index (χ1v) is 9.62. The Labute approximate surface area is 170 Å². The zero-order chi connectivity index (χ0) is 20.2. The molecular weight excluding hydrogens is 360 g/mol. The average molecular weight is 382 g/mol. The van der Waals surface area contributed by atoms with Crippen LogP contribution in [0.1, 0.15) is 22.8 Å². The molecule has 1 N–H and O–H groups in total. The summed E-state index contributed by atoms with van der Waals surface area (Å²) in [6.07, 6.45) is 0.899. The second-order valence-electron chi connectivity index (χ2n) is 6.81. The Kier molecular flexibility index (Phi) is 5.25. The van der Waals surface area contributed by atoms with Gasteiger partial charge in [-0.25, -0.2) is 4.98 Å². The van der Waals surface area contributed by atoms with Gasteiger partial charge in [0.15, 0.2) is 0 Å². The molecule has 0 aliphatic carbocycles. The Balaban J connectivity index is 1.79. The van der Waals surface area contributed by atoms with Crippen molar-refractivity contribution in [3.63, 3.8) is 0 Å². The first-order valence-electron chi connectivity index (χ1n) is 9.62. The summed E-state index contributed by atoms with van der Waals surface area (Å²) < 4.78 is 5.19. The Morgan fingerprint density at radius 2 is 1.72 bits per heavy atom. The fourth-order valence-electron chi connectivity index (χ4n) is 3.31. The summed E-state index contributed by atoms with van der Waals surface area (Å²) in [4.78, 5) is 18.0. The van der Waals surface area contributed by atoms with Gasteiger partial charge in [-0.3, -0.25) is 4.79 Å². The van der Waals surface area contributed by atoms with Crippen molar-refractivity contribution in [2.75, 3.05) is 12.4 Å². The predicted octanol–water partition coefficient (Wildman–Crippen LogP) is 5.73. The molecule has 0 aliphatic rings. The summed E-state index contributed by atoms with van der Waals surface area (Å²) in [7, 11) is 1.62. The van der Waals surface area contributed by atoms with Crippen molar-refractivity contribution in [1.82, 2.24) is 4.98 Å². The van der Waals surface area contributed by atoms with Gasteiger partial charge in [-0.05, 0) is 54.4 Å². The SMILES string of the molecule is CCc1ccc2nc(-c3ccccc3)cc(C(=O)Nc3ccc(OC)cc3)c2c1.